The molecule has 0 bridgehead atoms. The molecule has 1 heterocycles. The van der Waals surface area contributed by atoms with Crippen LogP contribution in [0.3, 0.4) is 0 Å². The van der Waals surface area contributed by atoms with Crippen LogP contribution in [0.15, 0.2) is 0 Å². The van der Waals surface area contributed by atoms with Crippen molar-refractivity contribution in [2.45, 2.75) is 39.5 Å². The van der Waals surface area contributed by atoms with Gasteiger partial charge in [0.1, 0.15) is 0 Å². The quantitative estimate of drug-likeness (QED) is 0.710. The third kappa shape index (κ3) is 5.78. The van der Waals surface area contributed by atoms with Crippen molar-refractivity contribution in [2.75, 3.05) is 19.7 Å². The molecule has 0 spiro atoms. The topological polar surface area (TPSA) is 38.3 Å². The Morgan fingerprint density at radius 1 is 1.53 bits per heavy atom. The molecule has 1 N–H and O–H groups in total. The van der Waals surface area contributed by atoms with Crippen LogP contribution in [0.5, 0.6) is 0 Å². The van der Waals surface area contributed by atoms with Gasteiger partial charge in [-0.2, -0.15) is 0 Å². The zero-order valence-corrected chi connectivity index (χ0v) is 9.92. The van der Waals surface area contributed by atoms with Gasteiger partial charge in [0, 0.05) is 6.42 Å². The van der Waals surface area contributed by atoms with Crippen molar-refractivity contribution in [3.63, 3.8) is 0 Å². The first-order chi connectivity index (χ1) is 7.18. The second-order valence-electron chi connectivity index (χ2n) is 4.82. The number of carbonyl (C=O) groups is 1. The highest BCUT2D eigenvalue weighted by molar-refractivity contribution is 5.69. The van der Waals surface area contributed by atoms with E-state index in [2.05, 4.69) is 5.32 Å². The summed E-state index contributed by atoms with van der Waals surface area (Å²) < 4.78 is 5.19. The summed E-state index contributed by atoms with van der Waals surface area (Å²) in [4.78, 5) is 11.3. The van der Waals surface area contributed by atoms with E-state index < -0.39 is 0 Å². The molecule has 1 atom stereocenters. The van der Waals surface area contributed by atoms with Crippen LogP contribution in [0, 0.1) is 11.8 Å². The number of piperidine rings is 1. The van der Waals surface area contributed by atoms with Gasteiger partial charge in [-0.05, 0) is 44.2 Å². The summed E-state index contributed by atoms with van der Waals surface area (Å²) in [5.41, 5.74) is 0. The van der Waals surface area contributed by atoms with E-state index in [-0.39, 0.29) is 5.97 Å². The largest absolute Gasteiger partial charge is 0.466 e. The second kappa shape index (κ2) is 6.83. The monoisotopic (exact) mass is 213 g/mol. The molecule has 88 valence electrons. The third-order valence-corrected chi connectivity index (χ3v) is 2.76. The van der Waals surface area contributed by atoms with E-state index in [4.69, 9.17) is 4.74 Å². The first-order valence-electron chi connectivity index (χ1n) is 6.05. The maximum atomic E-state index is 11.3. The Hall–Kier alpha value is -0.570. The molecule has 0 aromatic heterocycles. The number of ether oxygens (including phenoxy) is 1. The summed E-state index contributed by atoms with van der Waals surface area (Å²) in [6.07, 6.45) is 4.08. The van der Waals surface area contributed by atoms with Crippen LogP contribution in [0.25, 0.3) is 0 Å². The van der Waals surface area contributed by atoms with Crippen molar-refractivity contribution in [3.8, 4) is 0 Å². The molecule has 3 nitrogen and oxygen atoms in total. The molecule has 1 aliphatic heterocycles. The van der Waals surface area contributed by atoms with Crippen molar-refractivity contribution in [3.05, 3.63) is 0 Å². The van der Waals surface area contributed by atoms with Crippen LogP contribution in [-0.2, 0) is 9.53 Å². The van der Waals surface area contributed by atoms with Gasteiger partial charge in [0.15, 0.2) is 0 Å². The Kier molecular flexibility index (Phi) is 5.69. The maximum absolute atomic E-state index is 11.3. The number of hydrogen-bond acceptors (Lipinski definition) is 3. The summed E-state index contributed by atoms with van der Waals surface area (Å²) in [7, 11) is 0. The van der Waals surface area contributed by atoms with E-state index in [0.29, 0.717) is 24.9 Å². The van der Waals surface area contributed by atoms with E-state index >= 15 is 0 Å². The highest BCUT2D eigenvalue weighted by atomic mass is 16.5. The molecular weight excluding hydrogens is 190 g/mol. The van der Waals surface area contributed by atoms with E-state index in [9.17, 15) is 4.79 Å². The fourth-order valence-corrected chi connectivity index (χ4v) is 1.90. The summed E-state index contributed by atoms with van der Waals surface area (Å²) >= 11 is 0. The summed E-state index contributed by atoms with van der Waals surface area (Å²) in [5, 5.41) is 3.36. The molecule has 1 rings (SSSR count). The highest BCUT2D eigenvalue weighted by Gasteiger charge is 2.13. The van der Waals surface area contributed by atoms with E-state index in [1.165, 1.54) is 12.8 Å². The van der Waals surface area contributed by atoms with Crippen LogP contribution in [0.4, 0.5) is 0 Å². The predicted octanol–water partition coefficient (Wildman–Crippen LogP) is 1.97. The molecule has 0 aliphatic carbocycles. The van der Waals surface area contributed by atoms with Crippen LogP contribution in [-0.4, -0.2) is 25.7 Å². The van der Waals surface area contributed by atoms with Gasteiger partial charge in [-0.15, -0.1) is 0 Å². The van der Waals surface area contributed by atoms with Gasteiger partial charge in [-0.1, -0.05) is 13.8 Å². The first-order valence-corrected chi connectivity index (χ1v) is 6.05. The molecule has 0 aromatic carbocycles. The average molecular weight is 213 g/mol. The lowest BCUT2D eigenvalue weighted by atomic mass is 9.97. The van der Waals surface area contributed by atoms with E-state index in [1.807, 2.05) is 13.8 Å². The van der Waals surface area contributed by atoms with Gasteiger partial charge in [-0.3, -0.25) is 4.79 Å². The molecule has 1 aliphatic rings. The molecular formula is C12H23NO2. The van der Waals surface area contributed by atoms with Crippen LogP contribution in [0.1, 0.15) is 39.5 Å². The number of esters is 1. The minimum absolute atomic E-state index is 0.0474. The number of nitrogens with one attached hydrogen (secondary N) is 1. The second-order valence-corrected chi connectivity index (χ2v) is 4.82. The van der Waals surface area contributed by atoms with Crippen LogP contribution < -0.4 is 5.32 Å². The molecule has 15 heavy (non-hydrogen) atoms. The van der Waals surface area contributed by atoms with Crippen molar-refractivity contribution in [1.82, 2.24) is 5.32 Å². The normalized spacial score (nSPS) is 21.7. The van der Waals surface area contributed by atoms with Crippen LogP contribution >= 0.6 is 0 Å². The zero-order chi connectivity index (χ0) is 11.1. The van der Waals surface area contributed by atoms with Crippen molar-refractivity contribution < 1.29 is 9.53 Å². The van der Waals surface area contributed by atoms with Crippen molar-refractivity contribution in [2.24, 2.45) is 11.8 Å². The molecule has 3 heteroatoms. The molecule has 0 amide bonds. The maximum Gasteiger partial charge on any atom is 0.306 e. The minimum Gasteiger partial charge on any atom is -0.466 e. The smallest absolute Gasteiger partial charge is 0.306 e. The number of rotatable bonds is 5. The number of carbonyl (C=O) groups excluding carboxylic acids is 1. The Bertz CT molecular complexity index is 186. The molecule has 1 saturated heterocycles. The first kappa shape index (κ1) is 12.5. The highest BCUT2D eigenvalue weighted by Crippen LogP contribution is 2.14. The predicted molar refractivity (Wildman–Crippen MR) is 60.6 cm³/mol. The average Bonchev–Trinajstić information content (AvgIpc) is 2.18. The lowest BCUT2D eigenvalue weighted by Gasteiger charge is -2.22. The van der Waals surface area contributed by atoms with E-state index in [1.54, 1.807) is 0 Å². The lowest BCUT2D eigenvalue weighted by molar-refractivity contribution is -0.144. The summed E-state index contributed by atoms with van der Waals surface area (Å²) in [6, 6.07) is 0. The Labute approximate surface area is 92.6 Å². The summed E-state index contributed by atoms with van der Waals surface area (Å²) in [5.74, 6) is 1.05. The number of hydrogen-bond donors (Lipinski definition) is 1. The molecule has 0 unspecified atom stereocenters. The van der Waals surface area contributed by atoms with Gasteiger partial charge < -0.3 is 10.1 Å². The van der Waals surface area contributed by atoms with Crippen molar-refractivity contribution in [1.29, 1.82) is 0 Å². The minimum atomic E-state index is -0.0474. The SMILES string of the molecule is CC(C)CC(=O)OCC[C@H]1CCCNC1. The standard InChI is InChI=1S/C12H23NO2/c1-10(2)8-12(14)15-7-5-11-4-3-6-13-9-11/h10-11,13H,3-9H2,1-2H3/t11-/m1/s1. The Balaban J connectivity index is 2.02. The molecule has 0 saturated carbocycles. The molecule has 0 radical (unpaired) electrons. The van der Waals surface area contributed by atoms with Gasteiger partial charge in [0.25, 0.3) is 0 Å². The van der Waals surface area contributed by atoms with E-state index in [0.717, 1.165) is 19.5 Å². The van der Waals surface area contributed by atoms with Gasteiger partial charge in [0.05, 0.1) is 6.61 Å². The Morgan fingerprint density at radius 2 is 2.33 bits per heavy atom. The van der Waals surface area contributed by atoms with Crippen LogP contribution in [0.2, 0.25) is 0 Å². The Morgan fingerprint density at radius 3 is 2.93 bits per heavy atom. The molecule has 0 aromatic rings. The third-order valence-electron chi connectivity index (χ3n) is 2.76. The zero-order valence-electron chi connectivity index (χ0n) is 9.92. The lowest BCUT2D eigenvalue weighted by Crippen LogP contribution is -2.30. The van der Waals surface area contributed by atoms with Crippen molar-refractivity contribution >= 4 is 5.97 Å². The van der Waals surface area contributed by atoms with Gasteiger partial charge in [0.2, 0.25) is 0 Å². The van der Waals surface area contributed by atoms with Gasteiger partial charge >= 0.3 is 5.97 Å². The fourth-order valence-electron chi connectivity index (χ4n) is 1.90. The fraction of sp³-hybridized carbons (Fsp3) is 0.917. The molecule has 1 fully saturated rings. The van der Waals surface area contributed by atoms with Gasteiger partial charge in [-0.25, -0.2) is 0 Å². The summed E-state index contributed by atoms with van der Waals surface area (Å²) in [6.45, 7) is 6.89.